The number of para-hydroxylation sites is 1. The fraction of sp³-hybridized carbons (Fsp3) is 0.190. The molecule has 7 heteroatoms. The molecule has 1 N–H and O–H groups in total. The zero-order chi connectivity index (χ0) is 20.1. The van der Waals surface area contributed by atoms with E-state index in [1.165, 1.54) is 20.4 Å². The topological polar surface area (TPSA) is 77.5 Å². The Morgan fingerprint density at radius 1 is 1.14 bits per heavy atom. The first-order chi connectivity index (χ1) is 13.5. The number of amides is 1. The SMILES string of the molecule is COC(=O)[C@@H](Cc1ccc(OC)c(Cl)c1)NC(=O)c1cnc2ccccc2c1. The van der Waals surface area contributed by atoms with Crippen molar-refractivity contribution in [3.63, 3.8) is 0 Å². The third kappa shape index (κ3) is 4.40. The highest BCUT2D eigenvalue weighted by molar-refractivity contribution is 6.32. The predicted molar refractivity (Wildman–Crippen MR) is 107 cm³/mol. The van der Waals surface area contributed by atoms with E-state index in [1.807, 2.05) is 24.3 Å². The van der Waals surface area contributed by atoms with Crippen LogP contribution in [0.15, 0.2) is 54.7 Å². The number of carbonyl (C=O) groups excluding carboxylic acids is 2. The number of aromatic nitrogens is 1. The highest BCUT2D eigenvalue weighted by atomic mass is 35.5. The fourth-order valence-electron chi connectivity index (χ4n) is 2.84. The molecule has 0 fully saturated rings. The number of halogens is 1. The number of benzene rings is 2. The van der Waals surface area contributed by atoms with Crippen LogP contribution >= 0.6 is 11.6 Å². The lowest BCUT2D eigenvalue weighted by molar-refractivity contribution is -0.142. The maximum atomic E-state index is 12.7. The van der Waals surface area contributed by atoms with E-state index in [1.54, 1.807) is 24.3 Å². The van der Waals surface area contributed by atoms with Crippen molar-refractivity contribution in [2.45, 2.75) is 12.5 Å². The summed E-state index contributed by atoms with van der Waals surface area (Å²) in [6.07, 6.45) is 1.71. The fourth-order valence-corrected chi connectivity index (χ4v) is 3.13. The van der Waals surface area contributed by atoms with Crippen LogP contribution in [0, 0.1) is 0 Å². The Balaban J connectivity index is 1.80. The molecule has 3 rings (SSSR count). The van der Waals surface area contributed by atoms with E-state index >= 15 is 0 Å². The molecule has 1 aromatic heterocycles. The molecular weight excluding hydrogens is 380 g/mol. The number of fused-ring (bicyclic) bond motifs is 1. The van der Waals surface area contributed by atoms with E-state index in [2.05, 4.69) is 10.3 Å². The molecule has 0 aliphatic carbocycles. The van der Waals surface area contributed by atoms with Crippen molar-refractivity contribution < 1.29 is 19.1 Å². The molecule has 0 radical (unpaired) electrons. The summed E-state index contributed by atoms with van der Waals surface area (Å²) in [5.41, 5.74) is 1.91. The number of rotatable bonds is 6. The van der Waals surface area contributed by atoms with Crippen molar-refractivity contribution in [1.82, 2.24) is 10.3 Å². The molecule has 3 aromatic rings. The van der Waals surface area contributed by atoms with Gasteiger partial charge in [-0.05, 0) is 29.8 Å². The molecule has 0 unspecified atom stereocenters. The Labute approximate surface area is 167 Å². The van der Waals surface area contributed by atoms with Gasteiger partial charge in [0.05, 0.1) is 30.3 Å². The lowest BCUT2D eigenvalue weighted by Crippen LogP contribution is -2.43. The van der Waals surface area contributed by atoms with E-state index in [9.17, 15) is 9.59 Å². The van der Waals surface area contributed by atoms with Crippen LogP contribution in [0.5, 0.6) is 5.75 Å². The summed E-state index contributed by atoms with van der Waals surface area (Å²) in [7, 11) is 2.80. The Kier molecular flexibility index (Phi) is 6.11. The van der Waals surface area contributed by atoms with Gasteiger partial charge in [-0.1, -0.05) is 35.9 Å². The van der Waals surface area contributed by atoms with Gasteiger partial charge in [-0.15, -0.1) is 0 Å². The van der Waals surface area contributed by atoms with E-state index in [0.717, 1.165) is 16.5 Å². The molecule has 2 aromatic carbocycles. The summed E-state index contributed by atoms with van der Waals surface area (Å²) in [6, 6.07) is 13.5. The smallest absolute Gasteiger partial charge is 0.328 e. The first-order valence-corrected chi connectivity index (χ1v) is 8.95. The third-order valence-electron chi connectivity index (χ3n) is 4.30. The second kappa shape index (κ2) is 8.71. The van der Waals surface area contributed by atoms with E-state index in [4.69, 9.17) is 21.1 Å². The summed E-state index contributed by atoms with van der Waals surface area (Å²) in [6.45, 7) is 0. The first kappa shape index (κ1) is 19.6. The maximum Gasteiger partial charge on any atom is 0.328 e. The zero-order valence-electron chi connectivity index (χ0n) is 15.4. The van der Waals surface area contributed by atoms with Crippen LogP contribution in [0.1, 0.15) is 15.9 Å². The summed E-state index contributed by atoms with van der Waals surface area (Å²) < 4.78 is 9.97. The van der Waals surface area contributed by atoms with Crippen molar-refractivity contribution >= 4 is 34.4 Å². The van der Waals surface area contributed by atoms with Gasteiger partial charge >= 0.3 is 5.97 Å². The number of hydrogen-bond donors (Lipinski definition) is 1. The standard InChI is InChI=1S/C21H19ClN2O4/c1-27-19-8-7-13(9-16(19)22)10-18(21(26)28-2)24-20(25)15-11-14-5-3-4-6-17(14)23-12-15/h3-9,11-12,18H,10H2,1-2H3,(H,24,25)/t18-/m1/s1. The molecule has 0 aliphatic heterocycles. The average molecular weight is 399 g/mol. The molecule has 144 valence electrons. The van der Waals surface area contributed by atoms with Gasteiger partial charge in [0.2, 0.25) is 0 Å². The quantitative estimate of drug-likeness (QED) is 0.644. The lowest BCUT2D eigenvalue weighted by atomic mass is 10.0. The summed E-state index contributed by atoms with van der Waals surface area (Å²) >= 11 is 6.15. The van der Waals surface area contributed by atoms with Gasteiger partial charge in [-0.3, -0.25) is 9.78 Å². The first-order valence-electron chi connectivity index (χ1n) is 8.57. The monoisotopic (exact) mass is 398 g/mol. The van der Waals surface area contributed by atoms with E-state index in [-0.39, 0.29) is 6.42 Å². The molecular formula is C21H19ClN2O4. The molecule has 0 spiro atoms. The number of nitrogens with zero attached hydrogens (tertiary/aromatic N) is 1. The molecule has 0 bridgehead atoms. The Morgan fingerprint density at radius 2 is 1.93 bits per heavy atom. The average Bonchev–Trinajstić information content (AvgIpc) is 2.72. The van der Waals surface area contributed by atoms with E-state index < -0.39 is 17.9 Å². The Bertz CT molecular complexity index is 1020. The predicted octanol–water partition coefficient (Wildman–Crippen LogP) is 3.41. The zero-order valence-corrected chi connectivity index (χ0v) is 16.2. The van der Waals surface area contributed by atoms with Crippen LogP contribution in [-0.4, -0.2) is 37.1 Å². The second-order valence-corrected chi connectivity index (χ2v) is 6.55. The van der Waals surface area contributed by atoms with Crippen LogP contribution in [0.2, 0.25) is 5.02 Å². The minimum Gasteiger partial charge on any atom is -0.495 e. The number of esters is 1. The highest BCUT2D eigenvalue weighted by Gasteiger charge is 2.23. The number of methoxy groups -OCH3 is 2. The van der Waals surface area contributed by atoms with Crippen molar-refractivity contribution in [2.24, 2.45) is 0 Å². The van der Waals surface area contributed by atoms with Crippen LogP contribution < -0.4 is 10.1 Å². The normalized spacial score (nSPS) is 11.7. The van der Waals surface area contributed by atoms with Gasteiger partial charge in [0.15, 0.2) is 0 Å². The summed E-state index contributed by atoms with van der Waals surface area (Å²) in [5.74, 6) is -0.423. The largest absolute Gasteiger partial charge is 0.495 e. The summed E-state index contributed by atoms with van der Waals surface area (Å²) in [4.78, 5) is 29.1. The van der Waals surface area contributed by atoms with Gasteiger partial charge in [0.25, 0.3) is 5.91 Å². The number of hydrogen-bond acceptors (Lipinski definition) is 5. The van der Waals surface area contributed by atoms with Crippen molar-refractivity contribution in [2.75, 3.05) is 14.2 Å². The maximum absolute atomic E-state index is 12.7. The molecule has 6 nitrogen and oxygen atoms in total. The number of ether oxygens (including phenoxy) is 2. The van der Waals surface area contributed by atoms with E-state index in [0.29, 0.717) is 16.3 Å². The lowest BCUT2D eigenvalue weighted by Gasteiger charge is -2.17. The molecule has 1 heterocycles. The summed E-state index contributed by atoms with van der Waals surface area (Å²) in [5, 5.41) is 3.98. The highest BCUT2D eigenvalue weighted by Crippen LogP contribution is 2.25. The minimum atomic E-state index is -0.867. The van der Waals surface area contributed by atoms with Crippen molar-refractivity contribution in [1.29, 1.82) is 0 Å². The molecule has 1 amide bonds. The van der Waals surface area contributed by atoms with Gasteiger partial charge in [0, 0.05) is 18.0 Å². The molecule has 28 heavy (non-hydrogen) atoms. The van der Waals surface area contributed by atoms with Crippen molar-refractivity contribution in [3.8, 4) is 5.75 Å². The number of pyridine rings is 1. The molecule has 0 saturated carbocycles. The van der Waals surface area contributed by atoms with Gasteiger partial charge in [0.1, 0.15) is 11.8 Å². The molecule has 0 aliphatic rings. The van der Waals surface area contributed by atoms with Crippen LogP contribution in [0.3, 0.4) is 0 Å². The van der Waals surface area contributed by atoms with Crippen LogP contribution in [0.25, 0.3) is 10.9 Å². The van der Waals surface area contributed by atoms with Gasteiger partial charge < -0.3 is 14.8 Å². The third-order valence-corrected chi connectivity index (χ3v) is 4.60. The Morgan fingerprint density at radius 3 is 2.64 bits per heavy atom. The van der Waals surface area contributed by atoms with Crippen LogP contribution in [0.4, 0.5) is 0 Å². The van der Waals surface area contributed by atoms with Crippen molar-refractivity contribution in [3.05, 3.63) is 70.9 Å². The van der Waals surface area contributed by atoms with Crippen LogP contribution in [-0.2, 0) is 16.0 Å². The number of carbonyl (C=O) groups is 2. The Hall–Kier alpha value is -3.12. The molecule has 0 saturated heterocycles. The second-order valence-electron chi connectivity index (χ2n) is 6.14. The van der Waals surface area contributed by atoms with Gasteiger partial charge in [-0.2, -0.15) is 0 Å². The number of nitrogens with one attached hydrogen (secondary N) is 1. The molecule has 1 atom stereocenters. The van der Waals surface area contributed by atoms with Gasteiger partial charge in [-0.25, -0.2) is 4.79 Å². The minimum absolute atomic E-state index is 0.225.